The van der Waals surface area contributed by atoms with Crippen molar-refractivity contribution in [1.29, 1.82) is 5.26 Å². The Bertz CT molecular complexity index is 1100. The van der Waals surface area contributed by atoms with Crippen molar-refractivity contribution < 1.29 is 22.7 Å². The third-order valence-electron chi connectivity index (χ3n) is 5.49. The van der Waals surface area contributed by atoms with Gasteiger partial charge in [-0.25, -0.2) is 8.42 Å². The van der Waals surface area contributed by atoms with Crippen LogP contribution in [0, 0.1) is 17.2 Å². The molecule has 2 aromatic rings. The van der Waals surface area contributed by atoms with Gasteiger partial charge in [-0.3, -0.25) is 4.79 Å². The number of anilines is 1. The standard InChI is InChI=1S/C22H25N3O5S/c1-24(18-6-4-5-16(13-18)15-23)22(26)17-9-11-25(12-10-17)31(27,28)19-7-8-20(29-2)21(14-19)30-3/h4-8,13-14,17H,9-12H2,1-3H3. The molecule has 0 unspecified atom stereocenters. The van der Waals surface area contributed by atoms with Crippen LogP contribution in [0.3, 0.4) is 0 Å². The largest absolute Gasteiger partial charge is 0.493 e. The number of amides is 1. The first-order valence-electron chi connectivity index (χ1n) is 9.81. The summed E-state index contributed by atoms with van der Waals surface area (Å²) in [5, 5.41) is 9.06. The summed E-state index contributed by atoms with van der Waals surface area (Å²) in [6.45, 7) is 0.498. The van der Waals surface area contributed by atoms with E-state index in [9.17, 15) is 13.2 Å². The fraction of sp³-hybridized carbons (Fsp3) is 0.364. The van der Waals surface area contributed by atoms with E-state index in [0.29, 0.717) is 35.6 Å². The highest BCUT2D eigenvalue weighted by molar-refractivity contribution is 7.89. The average Bonchev–Trinajstić information content (AvgIpc) is 2.82. The van der Waals surface area contributed by atoms with Gasteiger partial charge in [0.05, 0.1) is 30.7 Å². The van der Waals surface area contributed by atoms with Crippen LogP contribution in [0.5, 0.6) is 11.5 Å². The molecule has 0 N–H and O–H groups in total. The van der Waals surface area contributed by atoms with Crippen molar-refractivity contribution in [2.75, 3.05) is 39.3 Å². The fourth-order valence-electron chi connectivity index (χ4n) is 3.65. The quantitative estimate of drug-likeness (QED) is 0.680. The van der Waals surface area contributed by atoms with Crippen molar-refractivity contribution in [3.8, 4) is 17.6 Å². The van der Waals surface area contributed by atoms with E-state index in [4.69, 9.17) is 14.7 Å². The first-order valence-corrected chi connectivity index (χ1v) is 11.3. The molecule has 0 spiro atoms. The Morgan fingerprint density at radius 3 is 2.39 bits per heavy atom. The summed E-state index contributed by atoms with van der Waals surface area (Å²) in [4.78, 5) is 14.6. The maximum atomic E-state index is 13.1. The van der Waals surface area contributed by atoms with Gasteiger partial charge >= 0.3 is 0 Å². The number of sulfonamides is 1. The summed E-state index contributed by atoms with van der Waals surface area (Å²) in [5.41, 5.74) is 1.12. The number of nitriles is 1. The summed E-state index contributed by atoms with van der Waals surface area (Å²) < 4.78 is 37.9. The molecule has 9 heteroatoms. The van der Waals surface area contributed by atoms with Crippen molar-refractivity contribution in [2.45, 2.75) is 17.7 Å². The van der Waals surface area contributed by atoms with E-state index in [-0.39, 0.29) is 29.8 Å². The van der Waals surface area contributed by atoms with E-state index < -0.39 is 10.0 Å². The number of hydrogen-bond acceptors (Lipinski definition) is 6. The number of methoxy groups -OCH3 is 2. The molecule has 1 aliphatic rings. The molecule has 3 rings (SSSR count). The van der Waals surface area contributed by atoms with Crippen molar-refractivity contribution in [3.63, 3.8) is 0 Å². The summed E-state index contributed by atoms with van der Waals surface area (Å²) >= 11 is 0. The number of rotatable bonds is 6. The first-order chi connectivity index (χ1) is 14.8. The van der Waals surface area contributed by atoms with Gasteiger partial charge in [-0.15, -0.1) is 0 Å². The van der Waals surface area contributed by atoms with Crippen LogP contribution in [0.15, 0.2) is 47.4 Å². The predicted molar refractivity (Wildman–Crippen MR) is 116 cm³/mol. The molecule has 8 nitrogen and oxygen atoms in total. The molecule has 1 fully saturated rings. The summed E-state index contributed by atoms with van der Waals surface area (Å²) in [7, 11) is 0.899. The number of piperidine rings is 1. The Morgan fingerprint density at radius 2 is 1.77 bits per heavy atom. The zero-order valence-electron chi connectivity index (χ0n) is 17.7. The lowest BCUT2D eigenvalue weighted by atomic mass is 9.96. The van der Waals surface area contributed by atoms with Gasteiger partial charge in [0, 0.05) is 37.8 Å². The molecule has 0 atom stereocenters. The highest BCUT2D eigenvalue weighted by Crippen LogP contribution is 2.32. The molecule has 0 bridgehead atoms. The van der Waals surface area contributed by atoms with E-state index in [0.717, 1.165) is 0 Å². The van der Waals surface area contributed by atoms with E-state index in [1.165, 1.54) is 35.6 Å². The molecule has 1 aliphatic heterocycles. The molecule has 0 radical (unpaired) electrons. The van der Waals surface area contributed by atoms with Gasteiger partial charge in [0.25, 0.3) is 0 Å². The first kappa shape index (κ1) is 22.6. The summed E-state index contributed by atoms with van der Waals surface area (Å²) in [6, 6.07) is 13.4. The van der Waals surface area contributed by atoms with Crippen molar-refractivity contribution in [1.82, 2.24) is 4.31 Å². The Labute approximate surface area is 182 Å². The highest BCUT2D eigenvalue weighted by Gasteiger charge is 2.34. The van der Waals surface area contributed by atoms with Crippen LogP contribution in [-0.4, -0.2) is 53.0 Å². The maximum absolute atomic E-state index is 13.1. The van der Waals surface area contributed by atoms with Crippen molar-refractivity contribution >= 4 is 21.6 Å². The third kappa shape index (κ3) is 4.65. The van der Waals surface area contributed by atoms with Crippen LogP contribution < -0.4 is 14.4 Å². The Balaban J connectivity index is 1.69. The van der Waals surface area contributed by atoms with Gasteiger partial charge < -0.3 is 14.4 Å². The molecule has 1 amide bonds. The summed E-state index contributed by atoms with van der Waals surface area (Å²) in [5.74, 6) is 0.426. The van der Waals surface area contributed by atoms with Gasteiger partial charge in [-0.1, -0.05) is 6.07 Å². The van der Waals surface area contributed by atoms with Crippen LogP contribution in [0.2, 0.25) is 0 Å². The highest BCUT2D eigenvalue weighted by atomic mass is 32.2. The SMILES string of the molecule is COc1ccc(S(=O)(=O)N2CCC(C(=O)N(C)c3cccc(C#N)c3)CC2)cc1OC. The molecule has 1 heterocycles. The monoisotopic (exact) mass is 443 g/mol. The average molecular weight is 444 g/mol. The second-order valence-corrected chi connectivity index (χ2v) is 9.19. The molecular weight excluding hydrogens is 418 g/mol. The zero-order chi connectivity index (χ0) is 22.6. The van der Waals surface area contributed by atoms with Gasteiger partial charge in [-0.2, -0.15) is 9.57 Å². The lowest BCUT2D eigenvalue weighted by Gasteiger charge is -2.32. The molecule has 0 aromatic heterocycles. The topological polar surface area (TPSA) is 99.9 Å². The number of nitrogens with zero attached hydrogens (tertiary/aromatic N) is 3. The number of carbonyl (C=O) groups excluding carboxylic acids is 1. The number of hydrogen-bond donors (Lipinski definition) is 0. The molecule has 0 aliphatic carbocycles. The predicted octanol–water partition coefficient (Wildman–Crippen LogP) is 2.64. The van der Waals surface area contributed by atoms with Gasteiger partial charge in [-0.05, 0) is 43.2 Å². The van der Waals surface area contributed by atoms with Crippen molar-refractivity contribution in [2.24, 2.45) is 5.92 Å². The fourth-order valence-corrected chi connectivity index (χ4v) is 5.14. The molecule has 164 valence electrons. The van der Waals surface area contributed by atoms with Crippen LogP contribution in [-0.2, 0) is 14.8 Å². The van der Waals surface area contributed by atoms with E-state index in [2.05, 4.69) is 6.07 Å². The lowest BCUT2D eigenvalue weighted by molar-refractivity contribution is -0.123. The Kier molecular flexibility index (Phi) is 6.83. The van der Waals surface area contributed by atoms with E-state index in [1.807, 2.05) is 0 Å². The Hall–Kier alpha value is -3.09. The minimum absolute atomic E-state index is 0.0849. The second kappa shape index (κ2) is 9.37. The number of benzene rings is 2. The number of carbonyl (C=O) groups is 1. The Morgan fingerprint density at radius 1 is 1.10 bits per heavy atom. The molecule has 1 saturated heterocycles. The maximum Gasteiger partial charge on any atom is 0.243 e. The molecular formula is C22H25N3O5S. The van der Waals surface area contributed by atoms with E-state index in [1.54, 1.807) is 37.4 Å². The minimum atomic E-state index is -3.71. The molecule has 0 saturated carbocycles. The van der Waals surface area contributed by atoms with Crippen LogP contribution in [0.25, 0.3) is 0 Å². The van der Waals surface area contributed by atoms with Gasteiger partial charge in [0.2, 0.25) is 15.9 Å². The number of ether oxygens (including phenoxy) is 2. The van der Waals surface area contributed by atoms with Crippen LogP contribution in [0.4, 0.5) is 5.69 Å². The third-order valence-corrected chi connectivity index (χ3v) is 7.38. The molecule has 31 heavy (non-hydrogen) atoms. The van der Waals surface area contributed by atoms with Gasteiger partial charge in [0.1, 0.15) is 0 Å². The van der Waals surface area contributed by atoms with E-state index >= 15 is 0 Å². The van der Waals surface area contributed by atoms with Crippen LogP contribution >= 0.6 is 0 Å². The molecule has 2 aromatic carbocycles. The smallest absolute Gasteiger partial charge is 0.243 e. The van der Waals surface area contributed by atoms with Crippen LogP contribution in [0.1, 0.15) is 18.4 Å². The summed E-state index contributed by atoms with van der Waals surface area (Å²) in [6.07, 6.45) is 0.848. The van der Waals surface area contributed by atoms with Gasteiger partial charge in [0.15, 0.2) is 11.5 Å². The minimum Gasteiger partial charge on any atom is -0.493 e. The zero-order valence-corrected chi connectivity index (χ0v) is 18.6. The second-order valence-electron chi connectivity index (χ2n) is 7.25. The normalized spacial score (nSPS) is 15.2. The van der Waals surface area contributed by atoms with Crippen molar-refractivity contribution in [3.05, 3.63) is 48.0 Å². The lowest BCUT2D eigenvalue weighted by Crippen LogP contribution is -2.43.